The molecule has 0 radical (unpaired) electrons. The molecular weight excluding hydrogens is 369 g/mol. The summed E-state index contributed by atoms with van der Waals surface area (Å²) in [5, 5.41) is 0.0764. The lowest BCUT2D eigenvalue weighted by Gasteiger charge is -2.16. The number of hydrogen-bond donors (Lipinski definition) is 1. The summed E-state index contributed by atoms with van der Waals surface area (Å²) in [5.74, 6) is 0.0950. The van der Waals surface area contributed by atoms with Crippen LogP contribution in [0.4, 0.5) is 4.39 Å². The normalized spacial score (nSPS) is 12.6. The highest BCUT2D eigenvalue weighted by Gasteiger charge is 2.19. The van der Waals surface area contributed by atoms with Crippen molar-refractivity contribution in [3.8, 4) is 11.5 Å². The van der Waals surface area contributed by atoms with Crippen LogP contribution in [-0.2, 0) is 15.8 Å². The minimum atomic E-state index is -3.77. The molecular formula is C17H19ClFNO4S. The Balaban J connectivity index is 1.93. The lowest BCUT2D eigenvalue weighted by molar-refractivity contribution is 0.287. The number of hydrogen-bond acceptors (Lipinski definition) is 4. The van der Waals surface area contributed by atoms with Gasteiger partial charge in [0.05, 0.1) is 18.9 Å². The summed E-state index contributed by atoms with van der Waals surface area (Å²) in [6.07, 6.45) is 0. The van der Waals surface area contributed by atoms with Gasteiger partial charge in [0.1, 0.15) is 23.9 Å². The zero-order valence-electron chi connectivity index (χ0n) is 13.8. The SMILES string of the molecule is COc1ccc(OCC(C)NS(=O)(=O)Cc2c(F)cccc2Cl)cc1. The molecule has 0 heterocycles. The molecule has 0 aliphatic heterocycles. The molecule has 0 aliphatic carbocycles. The number of halogens is 2. The Morgan fingerprint density at radius 1 is 1.16 bits per heavy atom. The van der Waals surface area contributed by atoms with Gasteiger partial charge < -0.3 is 9.47 Å². The van der Waals surface area contributed by atoms with E-state index in [9.17, 15) is 12.8 Å². The average Bonchev–Trinajstić information content (AvgIpc) is 2.56. The van der Waals surface area contributed by atoms with E-state index >= 15 is 0 Å². The maximum atomic E-state index is 13.7. The second kappa shape index (κ2) is 8.51. The minimum absolute atomic E-state index is 0.0556. The summed E-state index contributed by atoms with van der Waals surface area (Å²) >= 11 is 5.87. The van der Waals surface area contributed by atoms with E-state index in [1.165, 1.54) is 18.2 Å². The van der Waals surface area contributed by atoms with Crippen molar-refractivity contribution in [3.63, 3.8) is 0 Å². The molecule has 1 unspecified atom stereocenters. The van der Waals surface area contributed by atoms with E-state index in [1.807, 2.05) is 0 Å². The van der Waals surface area contributed by atoms with Gasteiger partial charge in [-0.1, -0.05) is 17.7 Å². The standard InChI is InChI=1S/C17H19ClFNO4S/c1-12(10-24-14-8-6-13(23-2)7-9-14)20-25(21,22)11-15-16(18)4-3-5-17(15)19/h3-9,12,20H,10-11H2,1-2H3. The molecule has 0 saturated carbocycles. The lowest BCUT2D eigenvalue weighted by atomic mass is 10.2. The summed E-state index contributed by atoms with van der Waals surface area (Å²) in [5.41, 5.74) is -0.0556. The lowest BCUT2D eigenvalue weighted by Crippen LogP contribution is -2.37. The van der Waals surface area contributed by atoms with Gasteiger partial charge in [0.2, 0.25) is 10.0 Å². The smallest absolute Gasteiger partial charge is 0.216 e. The van der Waals surface area contributed by atoms with Crippen molar-refractivity contribution in [2.24, 2.45) is 0 Å². The van der Waals surface area contributed by atoms with E-state index in [-0.39, 0.29) is 17.2 Å². The average molecular weight is 388 g/mol. The highest BCUT2D eigenvalue weighted by atomic mass is 35.5. The third kappa shape index (κ3) is 5.88. The van der Waals surface area contributed by atoms with Crippen molar-refractivity contribution in [1.82, 2.24) is 4.72 Å². The predicted octanol–water partition coefficient (Wildman–Crippen LogP) is 3.37. The number of ether oxygens (including phenoxy) is 2. The molecule has 8 heteroatoms. The van der Waals surface area contributed by atoms with Gasteiger partial charge in [-0.25, -0.2) is 17.5 Å². The first-order chi connectivity index (χ1) is 11.8. The van der Waals surface area contributed by atoms with Crippen molar-refractivity contribution in [3.05, 3.63) is 58.9 Å². The highest BCUT2D eigenvalue weighted by molar-refractivity contribution is 7.88. The zero-order chi connectivity index (χ0) is 18.4. The topological polar surface area (TPSA) is 64.6 Å². The number of methoxy groups -OCH3 is 1. The van der Waals surface area contributed by atoms with E-state index in [1.54, 1.807) is 38.3 Å². The van der Waals surface area contributed by atoms with Crippen LogP contribution >= 0.6 is 11.6 Å². The fraction of sp³-hybridized carbons (Fsp3) is 0.294. The van der Waals surface area contributed by atoms with Gasteiger partial charge in [-0.05, 0) is 43.3 Å². The van der Waals surface area contributed by atoms with Gasteiger partial charge in [0.25, 0.3) is 0 Å². The van der Waals surface area contributed by atoms with Crippen LogP contribution in [0.2, 0.25) is 5.02 Å². The van der Waals surface area contributed by atoms with E-state index in [0.717, 1.165) is 0 Å². The van der Waals surface area contributed by atoms with Crippen LogP contribution in [0.5, 0.6) is 11.5 Å². The van der Waals surface area contributed by atoms with Gasteiger partial charge in [0.15, 0.2) is 0 Å². The molecule has 0 saturated heterocycles. The van der Waals surface area contributed by atoms with Gasteiger partial charge in [-0.2, -0.15) is 0 Å². The third-order valence-corrected chi connectivity index (χ3v) is 5.12. The van der Waals surface area contributed by atoms with Crippen molar-refractivity contribution < 1.29 is 22.3 Å². The molecule has 0 aliphatic rings. The molecule has 136 valence electrons. The number of nitrogens with one attached hydrogen (secondary N) is 1. The zero-order valence-corrected chi connectivity index (χ0v) is 15.4. The van der Waals surface area contributed by atoms with Crippen LogP contribution < -0.4 is 14.2 Å². The second-order valence-electron chi connectivity index (χ2n) is 5.46. The summed E-state index contributed by atoms with van der Waals surface area (Å²) in [6, 6.07) is 10.5. The van der Waals surface area contributed by atoms with Crippen LogP contribution in [0.25, 0.3) is 0 Å². The maximum Gasteiger partial charge on any atom is 0.216 e. The van der Waals surface area contributed by atoms with Crippen LogP contribution in [-0.4, -0.2) is 28.2 Å². The number of sulfonamides is 1. The summed E-state index contributed by atoms with van der Waals surface area (Å²) in [7, 11) is -2.20. The molecule has 1 atom stereocenters. The largest absolute Gasteiger partial charge is 0.497 e. The van der Waals surface area contributed by atoms with E-state index in [2.05, 4.69) is 4.72 Å². The Morgan fingerprint density at radius 3 is 2.40 bits per heavy atom. The first-order valence-corrected chi connectivity index (χ1v) is 9.53. The third-order valence-electron chi connectivity index (χ3n) is 3.34. The van der Waals surface area contributed by atoms with Crippen LogP contribution in [0, 0.1) is 5.82 Å². The summed E-state index contributed by atoms with van der Waals surface area (Å²) < 4.78 is 51.2. The van der Waals surface area contributed by atoms with Crippen LogP contribution in [0.15, 0.2) is 42.5 Å². The molecule has 2 aromatic carbocycles. The maximum absolute atomic E-state index is 13.7. The summed E-state index contributed by atoms with van der Waals surface area (Å²) in [6.45, 7) is 1.78. The monoisotopic (exact) mass is 387 g/mol. The van der Waals surface area contributed by atoms with Gasteiger partial charge >= 0.3 is 0 Å². The quantitative estimate of drug-likeness (QED) is 0.754. The molecule has 0 aromatic heterocycles. The molecule has 5 nitrogen and oxygen atoms in total. The molecule has 2 aromatic rings. The van der Waals surface area contributed by atoms with Crippen LogP contribution in [0.3, 0.4) is 0 Å². The Morgan fingerprint density at radius 2 is 1.80 bits per heavy atom. The molecule has 1 N–H and O–H groups in total. The fourth-order valence-electron chi connectivity index (χ4n) is 2.14. The van der Waals surface area contributed by atoms with Crippen LogP contribution in [0.1, 0.15) is 12.5 Å². The first-order valence-electron chi connectivity index (χ1n) is 7.50. The molecule has 0 amide bonds. The van der Waals surface area contributed by atoms with Crippen molar-refractivity contribution in [2.45, 2.75) is 18.7 Å². The van der Waals surface area contributed by atoms with E-state index < -0.39 is 27.6 Å². The number of benzene rings is 2. The second-order valence-corrected chi connectivity index (χ2v) is 7.63. The van der Waals surface area contributed by atoms with E-state index in [4.69, 9.17) is 21.1 Å². The highest BCUT2D eigenvalue weighted by Crippen LogP contribution is 2.21. The van der Waals surface area contributed by atoms with Crippen molar-refractivity contribution in [1.29, 1.82) is 0 Å². The Hall–Kier alpha value is -1.83. The van der Waals surface area contributed by atoms with Gasteiger partial charge in [-0.3, -0.25) is 0 Å². The van der Waals surface area contributed by atoms with Crippen molar-refractivity contribution in [2.75, 3.05) is 13.7 Å². The van der Waals surface area contributed by atoms with Gasteiger partial charge in [0, 0.05) is 10.6 Å². The fourth-order valence-corrected chi connectivity index (χ4v) is 3.88. The minimum Gasteiger partial charge on any atom is -0.497 e. The first kappa shape index (κ1) is 19.5. The Bertz CT molecular complexity index is 792. The summed E-state index contributed by atoms with van der Waals surface area (Å²) in [4.78, 5) is 0. The molecule has 0 spiro atoms. The van der Waals surface area contributed by atoms with Crippen molar-refractivity contribution >= 4 is 21.6 Å². The Kier molecular flexibility index (Phi) is 6.64. The molecule has 25 heavy (non-hydrogen) atoms. The van der Waals surface area contributed by atoms with Gasteiger partial charge in [-0.15, -0.1) is 0 Å². The molecule has 0 fully saturated rings. The molecule has 0 bridgehead atoms. The van der Waals surface area contributed by atoms with E-state index in [0.29, 0.717) is 11.5 Å². The predicted molar refractivity (Wildman–Crippen MR) is 95.1 cm³/mol. The molecule has 2 rings (SSSR count). The number of rotatable bonds is 8. The Labute approximate surface area is 151 Å².